The molecule has 2 aliphatic heterocycles. The number of rotatable bonds is 1. The summed E-state index contributed by atoms with van der Waals surface area (Å²) in [4.78, 5) is 5.06. The Labute approximate surface area is 110 Å². The lowest BCUT2D eigenvalue weighted by Crippen LogP contribution is -2.49. The number of nitrogens with one attached hydrogen (secondary N) is 1. The molecule has 0 aliphatic carbocycles. The molecule has 0 spiro atoms. The Morgan fingerprint density at radius 2 is 1.94 bits per heavy atom. The van der Waals surface area contributed by atoms with Crippen LogP contribution >= 0.6 is 0 Å². The molecule has 1 atom stereocenters. The van der Waals surface area contributed by atoms with Crippen molar-refractivity contribution >= 4 is 0 Å². The van der Waals surface area contributed by atoms with Gasteiger partial charge >= 0.3 is 0 Å². The smallest absolute Gasteiger partial charge is 0.0477 e. The lowest BCUT2D eigenvalue weighted by atomic mass is 9.93. The van der Waals surface area contributed by atoms with Gasteiger partial charge in [0.25, 0.3) is 0 Å². The van der Waals surface area contributed by atoms with E-state index in [1.807, 2.05) is 0 Å². The van der Waals surface area contributed by atoms with E-state index >= 15 is 0 Å². The zero-order chi connectivity index (χ0) is 12.5. The van der Waals surface area contributed by atoms with Crippen LogP contribution in [0.15, 0.2) is 18.2 Å². The second-order valence-electron chi connectivity index (χ2n) is 5.69. The number of nitrogens with zero attached hydrogens (tertiary/aromatic N) is 2. The molecule has 1 fully saturated rings. The first-order valence-electron chi connectivity index (χ1n) is 6.97. The van der Waals surface area contributed by atoms with Crippen LogP contribution in [-0.4, -0.2) is 49.6 Å². The van der Waals surface area contributed by atoms with Gasteiger partial charge in [0.2, 0.25) is 0 Å². The lowest BCUT2D eigenvalue weighted by Gasteiger charge is -2.40. The van der Waals surface area contributed by atoms with Crippen LogP contribution in [0.25, 0.3) is 0 Å². The van der Waals surface area contributed by atoms with Crippen molar-refractivity contribution in [3.8, 4) is 0 Å². The van der Waals surface area contributed by atoms with Gasteiger partial charge in [0.15, 0.2) is 0 Å². The van der Waals surface area contributed by atoms with Crippen LogP contribution in [0.4, 0.5) is 0 Å². The summed E-state index contributed by atoms with van der Waals surface area (Å²) in [6, 6.07) is 7.51. The van der Waals surface area contributed by atoms with Crippen LogP contribution in [0.5, 0.6) is 0 Å². The van der Waals surface area contributed by atoms with E-state index in [4.69, 9.17) is 0 Å². The molecule has 1 saturated heterocycles. The first-order chi connectivity index (χ1) is 8.74. The van der Waals surface area contributed by atoms with Gasteiger partial charge < -0.3 is 10.2 Å². The van der Waals surface area contributed by atoms with Crippen molar-refractivity contribution < 1.29 is 0 Å². The van der Waals surface area contributed by atoms with Crippen molar-refractivity contribution in [2.75, 3.05) is 39.8 Å². The molecular weight excluding hydrogens is 222 g/mol. The maximum atomic E-state index is 3.57. The third-order valence-corrected chi connectivity index (χ3v) is 4.29. The molecule has 1 aromatic carbocycles. The number of fused-ring (bicyclic) bond motifs is 1. The number of hydrogen-bond donors (Lipinski definition) is 1. The number of benzene rings is 1. The summed E-state index contributed by atoms with van der Waals surface area (Å²) >= 11 is 0. The average molecular weight is 245 g/mol. The van der Waals surface area contributed by atoms with Crippen LogP contribution in [0.1, 0.15) is 22.7 Å². The summed E-state index contributed by atoms with van der Waals surface area (Å²) in [6.45, 7) is 9.07. The van der Waals surface area contributed by atoms with Crippen LogP contribution in [0.2, 0.25) is 0 Å². The van der Waals surface area contributed by atoms with E-state index in [1.54, 1.807) is 5.56 Å². The fraction of sp³-hybridized carbons (Fsp3) is 0.600. The molecule has 0 saturated carbocycles. The molecule has 2 aliphatic rings. The monoisotopic (exact) mass is 245 g/mol. The van der Waals surface area contributed by atoms with Gasteiger partial charge in [-0.05, 0) is 25.1 Å². The number of likely N-dealkylation sites (N-methyl/N-ethyl adjacent to an activating group) is 1. The third kappa shape index (κ3) is 2.30. The van der Waals surface area contributed by atoms with Gasteiger partial charge in [0, 0.05) is 45.3 Å². The predicted octanol–water partition coefficient (Wildman–Crippen LogP) is 1.39. The Bertz CT molecular complexity index is 422. The van der Waals surface area contributed by atoms with Crippen LogP contribution in [0, 0.1) is 6.92 Å². The van der Waals surface area contributed by atoms with E-state index < -0.39 is 0 Å². The SMILES string of the molecule is Cc1ccc2c(c1)CNC[C@H]2N1CCN(C)CC1. The maximum Gasteiger partial charge on any atom is 0.0477 e. The Morgan fingerprint density at radius 3 is 2.72 bits per heavy atom. The Hall–Kier alpha value is -0.900. The lowest BCUT2D eigenvalue weighted by molar-refractivity contribution is 0.106. The minimum Gasteiger partial charge on any atom is -0.311 e. The molecule has 0 unspecified atom stereocenters. The van der Waals surface area contributed by atoms with Gasteiger partial charge in [0.1, 0.15) is 0 Å². The summed E-state index contributed by atoms with van der Waals surface area (Å²) in [6.07, 6.45) is 0. The fourth-order valence-electron chi connectivity index (χ4n) is 3.13. The molecule has 1 N–H and O–H groups in total. The van der Waals surface area contributed by atoms with Crippen molar-refractivity contribution in [1.82, 2.24) is 15.1 Å². The molecule has 0 aromatic heterocycles. The highest BCUT2D eigenvalue weighted by Gasteiger charge is 2.27. The first kappa shape index (κ1) is 12.2. The van der Waals surface area contributed by atoms with Gasteiger partial charge in [-0.25, -0.2) is 0 Å². The molecule has 1 aromatic rings. The molecular formula is C15H23N3. The van der Waals surface area contributed by atoms with Gasteiger partial charge in [-0.3, -0.25) is 4.90 Å². The third-order valence-electron chi connectivity index (χ3n) is 4.29. The van der Waals surface area contributed by atoms with Gasteiger partial charge in [-0.1, -0.05) is 23.8 Å². The van der Waals surface area contributed by atoms with Gasteiger partial charge in [-0.15, -0.1) is 0 Å². The molecule has 18 heavy (non-hydrogen) atoms. The average Bonchev–Trinajstić information content (AvgIpc) is 2.38. The molecule has 98 valence electrons. The van der Waals surface area contributed by atoms with Crippen LogP contribution < -0.4 is 5.32 Å². The Kier molecular flexibility index (Phi) is 3.37. The highest BCUT2D eigenvalue weighted by molar-refractivity contribution is 5.35. The topological polar surface area (TPSA) is 18.5 Å². The Morgan fingerprint density at radius 1 is 1.17 bits per heavy atom. The van der Waals surface area contributed by atoms with Crippen LogP contribution in [-0.2, 0) is 6.54 Å². The number of aryl methyl sites for hydroxylation is 1. The van der Waals surface area contributed by atoms with E-state index in [2.05, 4.69) is 47.3 Å². The van der Waals surface area contributed by atoms with E-state index in [1.165, 1.54) is 37.3 Å². The molecule has 3 nitrogen and oxygen atoms in total. The van der Waals surface area contributed by atoms with Crippen molar-refractivity contribution in [2.24, 2.45) is 0 Å². The normalized spacial score (nSPS) is 26.0. The fourth-order valence-corrected chi connectivity index (χ4v) is 3.13. The zero-order valence-electron chi connectivity index (χ0n) is 11.4. The minimum absolute atomic E-state index is 0.572. The summed E-state index contributed by atoms with van der Waals surface area (Å²) in [7, 11) is 2.22. The number of hydrogen-bond acceptors (Lipinski definition) is 3. The van der Waals surface area contributed by atoms with E-state index in [-0.39, 0.29) is 0 Å². The van der Waals surface area contributed by atoms with E-state index in [9.17, 15) is 0 Å². The van der Waals surface area contributed by atoms with E-state index in [0.717, 1.165) is 13.1 Å². The Balaban J connectivity index is 1.82. The quantitative estimate of drug-likeness (QED) is 0.806. The van der Waals surface area contributed by atoms with Crippen LogP contribution in [0.3, 0.4) is 0 Å². The molecule has 3 rings (SSSR count). The molecule has 0 radical (unpaired) electrons. The van der Waals surface area contributed by atoms with E-state index in [0.29, 0.717) is 6.04 Å². The van der Waals surface area contributed by atoms with Crippen molar-refractivity contribution in [2.45, 2.75) is 19.5 Å². The molecule has 3 heteroatoms. The minimum atomic E-state index is 0.572. The second kappa shape index (κ2) is 5.00. The summed E-state index contributed by atoms with van der Waals surface area (Å²) in [5.74, 6) is 0. The summed E-state index contributed by atoms with van der Waals surface area (Å²) in [5, 5.41) is 3.57. The zero-order valence-corrected chi connectivity index (χ0v) is 11.4. The summed E-state index contributed by atoms with van der Waals surface area (Å²) in [5.41, 5.74) is 4.41. The van der Waals surface area contributed by atoms with Gasteiger partial charge in [0.05, 0.1) is 0 Å². The molecule has 0 bridgehead atoms. The standard InChI is InChI=1S/C15H23N3/c1-12-3-4-14-13(9-12)10-16-11-15(14)18-7-5-17(2)6-8-18/h3-4,9,15-16H,5-8,10-11H2,1-2H3/t15-/m1/s1. The summed E-state index contributed by atoms with van der Waals surface area (Å²) < 4.78 is 0. The maximum absolute atomic E-state index is 3.57. The van der Waals surface area contributed by atoms with Gasteiger partial charge in [-0.2, -0.15) is 0 Å². The number of piperazine rings is 1. The molecule has 0 amide bonds. The molecule has 2 heterocycles. The highest BCUT2D eigenvalue weighted by Crippen LogP contribution is 2.28. The van der Waals surface area contributed by atoms with Crippen molar-refractivity contribution in [3.05, 3.63) is 34.9 Å². The van der Waals surface area contributed by atoms with Crippen molar-refractivity contribution in [3.63, 3.8) is 0 Å². The second-order valence-corrected chi connectivity index (χ2v) is 5.69. The first-order valence-corrected chi connectivity index (χ1v) is 6.97. The predicted molar refractivity (Wildman–Crippen MR) is 74.7 cm³/mol. The largest absolute Gasteiger partial charge is 0.311 e. The highest BCUT2D eigenvalue weighted by atomic mass is 15.3. The van der Waals surface area contributed by atoms with Crippen molar-refractivity contribution in [1.29, 1.82) is 0 Å².